The van der Waals surface area contributed by atoms with Crippen LogP contribution in [0.15, 0.2) is 77.8 Å². The number of hydrazine groups is 1. The van der Waals surface area contributed by atoms with Gasteiger partial charge in [-0.05, 0) is 39.6 Å². The molecule has 1 amide bonds. The summed E-state index contributed by atoms with van der Waals surface area (Å²) in [5, 5.41) is 27.9. The van der Waals surface area contributed by atoms with Crippen LogP contribution in [-0.4, -0.2) is 47.0 Å². The van der Waals surface area contributed by atoms with Crippen molar-refractivity contribution >= 4 is 28.5 Å². The fourth-order valence-corrected chi connectivity index (χ4v) is 4.95. The predicted octanol–water partition coefficient (Wildman–Crippen LogP) is 4.43. The van der Waals surface area contributed by atoms with Gasteiger partial charge in [-0.2, -0.15) is 4.99 Å². The average Bonchev–Trinajstić information content (AvgIpc) is 3.60. The zero-order valence-electron chi connectivity index (χ0n) is 19.7. The number of H-pyrrole nitrogens is 1. The molecule has 4 aromatic rings. The Kier molecular flexibility index (Phi) is 7.01. The van der Waals surface area contributed by atoms with Crippen LogP contribution in [-0.2, 0) is 6.54 Å². The van der Waals surface area contributed by atoms with Crippen molar-refractivity contribution in [1.82, 2.24) is 31.1 Å². The minimum absolute atomic E-state index is 0.0366. The number of carbonyl (C=O) groups is 1. The van der Waals surface area contributed by atoms with Gasteiger partial charge in [-0.1, -0.05) is 79.3 Å². The largest absolute Gasteiger partial charge is 0.286 e. The molecule has 1 aliphatic heterocycles. The molecule has 11 nitrogen and oxygen atoms in total. The molecule has 0 aliphatic carbocycles. The van der Waals surface area contributed by atoms with Crippen molar-refractivity contribution < 1.29 is 9.72 Å². The zero-order chi connectivity index (χ0) is 25.8. The molecule has 0 spiro atoms. The van der Waals surface area contributed by atoms with Crippen LogP contribution in [0, 0.1) is 10.1 Å². The number of thioether (sulfide) groups is 1. The van der Waals surface area contributed by atoms with E-state index in [4.69, 9.17) is 0 Å². The highest BCUT2D eigenvalue weighted by molar-refractivity contribution is 8.14. The Morgan fingerprint density at radius 2 is 1.81 bits per heavy atom. The first-order valence-corrected chi connectivity index (χ1v) is 12.4. The van der Waals surface area contributed by atoms with Gasteiger partial charge in [0.2, 0.25) is 0 Å². The number of hydrogen-bond acceptors (Lipinski definition) is 8. The topological polar surface area (TPSA) is 142 Å². The van der Waals surface area contributed by atoms with E-state index in [1.165, 1.54) is 30.0 Å². The lowest BCUT2D eigenvalue weighted by Gasteiger charge is -2.19. The van der Waals surface area contributed by atoms with Gasteiger partial charge in [0.15, 0.2) is 11.0 Å². The van der Waals surface area contributed by atoms with Crippen LogP contribution in [0.1, 0.15) is 29.3 Å². The van der Waals surface area contributed by atoms with Crippen molar-refractivity contribution in [2.45, 2.75) is 25.3 Å². The van der Waals surface area contributed by atoms with Crippen molar-refractivity contribution in [2.24, 2.45) is 4.99 Å². The van der Waals surface area contributed by atoms with Crippen LogP contribution in [0.2, 0.25) is 0 Å². The van der Waals surface area contributed by atoms with E-state index in [0.29, 0.717) is 17.5 Å². The van der Waals surface area contributed by atoms with E-state index in [1.54, 1.807) is 6.07 Å². The molecule has 186 valence electrons. The third-order valence-corrected chi connectivity index (χ3v) is 7.06. The van der Waals surface area contributed by atoms with E-state index in [1.807, 2.05) is 60.5 Å². The molecule has 0 bridgehead atoms. The molecule has 2 N–H and O–H groups in total. The van der Waals surface area contributed by atoms with Crippen LogP contribution >= 0.6 is 11.8 Å². The first-order valence-electron chi connectivity index (χ1n) is 11.5. The molecule has 0 radical (unpaired) electrons. The maximum Gasteiger partial charge on any atom is 0.286 e. The standard InChI is InChI=1S/C25H22N8O3S/c1-2-22-29-32(25(37-22)26-24(34)20-9-5-6-10-21(20)33(35)36)15-16-11-13-17(14-12-16)18-7-3-4-8-19(18)23-27-30-31-28-23/h3-14,22,29H,2,15H2,1H3,(H,27,28,30,31). The first kappa shape index (κ1) is 24.3. The second-order valence-corrected chi connectivity index (χ2v) is 9.37. The second kappa shape index (κ2) is 10.7. The maximum absolute atomic E-state index is 12.9. The van der Waals surface area contributed by atoms with Crippen molar-refractivity contribution in [1.29, 1.82) is 0 Å². The molecule has 37 heavy (non-hydrogen) atoms. The maximum atomic E-state index is 12.9. The van der Waals surface area contributed by atoms with E-state index >= 15 is 0 Å². The number of para-hydroxylation sites is 1. The summed E-state index contributed by atoms with van der Waals surface area (Å²) >= 11 is 1.43. The number of aliphatic imine (C=N–C) groups is 1. The number of amidine groups is 1. The van der Waals surface area contributed by atoms with Crippen molar-refractivity contribution in [3.63, 3.8) is 0 Å². The van der Waals surface area contributed by atoms with Crippen molar-refractivity contribution in [3.8, 4) is 22.5 Å². The minimum atomic E-state index is -0.646. The van der Waals surface area contributed by atoms with E-state index in [0.717, 1.165) is 28.7 Å². The number of hydrogen-bond donors (Lipinski definition) is 2. The van der Waals surface area contributed by atoms with E-state index < -0.39 is 10.8 Å². The van der Waals surface area contributed by atoms with Crippen LogP contribution in [0.25, 0.3) is 22.5 Å². The molecule has 0 saturated carbocycles. The lowest BCUT2D eigenvalue weighted by Crippen LogP contribution is -2.37. The fraction of sp³-hybridized carbons (Fsp3) is 0.160. The van der Waals surface area contributed by atoms with Gasteiger partial charge < -0.3 is 0 Å². The van der Waals surface area contributed by atoms with Gasteiger partial charge in [-0.3, -0.25) is 19.9 Å². The Morgan fingerprint density at radius 3 is 2.51 bits per heavy atom. The van der Waals surface area contributed by atoms with E-state index in [9.17, 15) is 14.9 Å². The summed E-state index contributed by atoms with van der Waals surface area (Å²) in [6.45, 7) is 2.49. The summed E-state index contributed by atoms with van der Waals surface area (Å²) in [6.07, 6.45) is 0.812. The predicted molar refractivity (Wildman–Crippen MR) is 140 cm³/mol. The van der Waals surface area contributed by atoms with Crippen LogP contribution in [0.5, 0.6) is 0 Å². The number of nitrogens with one attached hydrogen (secondary N) is 2. The number of nitro benzene ring substituents is 1. The number of aromatic amines is 1. The summed E-state index contributed by atoms with van der Waals surface area (Å²) < 4.78 is 0. The van der Waals surface area contributed by atoms with Gasteiger partial charge in [-0.25, -0.2) is 10.5 Å². The highest BCUT2D eigenvalue weighted by Crippen LogP contribution is 2.31. The molecule has 1 saturated heterocycles. The quantitative estimate of drug-likeness (QED) is 0.270. The number of aromatic nitrogens is 4. The number of rotatable bonds is 7. The molecule has 1 aromatic heterocycles. The Morgan fingerprint density at radius 1 is 1.08 bits per heavy atom. The molecule has 5 rings (SSSR count). The summed E-state index contributed by atoms with van der Waals surface area (Å²) in [4.78, 5) is 27.9. The Labute approximate surface area is 216 Å². The second-order valence-electron chi connectivity index (χ2n) is 8.20. The number of tetrazole rings is 1. The van der Waals surface area contributed by atoms with E-state index in [2.05, 4.69) is 31.0 Å². The third kappa shape index (κ3) is 5.25. The SMILES string of the molecule is CCC1NN(Cc2ccc(-c3ccccc3-c3nnn[nH]3)cc2)C(=NC(=O)c2ccccc2[N+](=O)[O-])S1. The first-order chi connectivity index (χ1) is 18.0. The van der Waals surface area contributed by atoms with Crippen molar-refractivity contribution in [2.75, 3.05) is 0 Å². The molecule has 1 fully saturated rings. The summed E-state index contributed by atoms with van der Waals surface area (Å²) in [6, 6.07) is 21.8. The zero-order valence-corrected chi connectivity index (χ0v) is 20.6. The Hall–Kier alpha value is -4.42. The van der Waals surface area contributed by atoms with Crippen LogP contribution in [0.4, 0.5) is 5.69 Å². The van der Waals surface area contributed by atoms with Gasteiger partial charge in [0.25, 0.3) is 11.6 Å². The van der Waals surface area contributed by atoms with Gasteiger partial charge in [0.1, 0.15) is 5.56 Å². The molecule has 2 heterocycles. The van der Waals surface area contributed by atoms with Crippen molar-refractivity contribution in [3.05, 3.63) is 94.0 Å². The monoisotopic (exact) mass is 514 g/mol. The molecule has 3 aromatic carbocycles. The van der Waals surface area contributed by atoms with E-state index in [-0.39, 0.29) is 16.6 Å². The normalized spacial score (nSPS) is 16.3. The number of amides is 1. The summed E-state index contributed by atoms with van der Waals surface area (Å²) in [5.41, 5.74) is 6.95. The molecule has 12 heteroatoms. The number of nitro groups is 1. The molecular formula is C25H22N8O3S. The van der Waals surface area contributed by atoms with Crippen LogP contribution in [0.3, 0.4) is 0 Å². The summed E-state index contributed by atoms with van der Waals surface area (Å²) in [5.74, 6) is -0.0556. The van der Waals surface area contributed by atoms with Gasteiger partial charge in [-0.15, -0.1) is 5.10 Å². The van der Waals surface area contributed by atoms with Gasteiger partial charge in [0, 0.05) is 11.6 Å². The third-order valence-electron chi connectivity index (χ3n) is 5.81. The lowest BCUT2D eigenvalue weighted by atomic mass is 9.98. The van der Waals surface area contributed by atoms with Gasteiger partial charge >= 0.3 is 0 Å². The lowest BCUT2D eigenvalue weighted by molar-refractivity contribution is -0.385. The molecule has 1 aliphatic rings. The fourth-order valence-electron chi connectivity index (χ4n) is 3.97. The molecule has 1 unspecified atom stereocenters. The highest BCUT2D eigenvalue weighted by Gasteiger charge is 2.29. The van der Waals surface area contributed by atoms with Gasteiger partial charge in [0.05, 0.1) is 16.8 Å². The molecular weight excluding hydrogens is 492 g/mol. The summed E-state index contributed by atoms with van der Waals surface area (Å²) in [7, 11) is 0. The minimum Gasteiger partial charge on any atom is -0.281 e. The molecule has 1 atom stereocenters. The smallest absolute Gasteiger partial charge is 0.281 e. The van der Waals surface area contributed by atoms with Crippen LogP contribution < -0.4 is 5.43 Å². The number of carbonyl (C=O) groups excluding carboxylic acids is 1. The Bertz CT molecular complexity index is 1460. The Balaban J connectivity index is 1.38. The highest BCUT2D eigenvalue weighted by atomic mass is 32.2. The average molecular weight is 515 g/mol. The number of benzene rings is 3. The number of nitrogens with zero attached hydrogens (tertiary/aromatic N) is 6.